The molecule has 31 heavy (non-hydrogen) atoms. The Kier molecular flexibility index (Phi) is 6.07. The van der Waals surface area contributed by atoms with E-state index in [2.05, 4.69) is 4.98 Å². The number of ketones is 1. The number of hydrogen-bond donors (Lipinski definition) is 1. The smallest absolute Gasteiger partial charge is 0.355 e. The van der Waals surface area contributed by atoms with Crippen LogP contribution in [-0.2, 0) is 11.2 Å². The van der Waals surface area contributed by atoms with Gasteiger partial charge in [-0.05, 0) is 54.7 Å². The molecule has 0 bridgehead atoms. The van der Waals surface area contributed by atoms with Gasteiger partial charge in [-0.25, -0.2) is 4.79 Å². The number of hydrogen-bond acceptors (Lipinski definition) is 5. The van der Waals surface area contributed by atoms with Crippen LogP contribution >= 0.6 is 0 Å². The van der Waals surface area contributed by atoms with Gasteiger partial charge in [-0.1, -0.05) is 30.3 Å². The number of carbonyl (C=O) groups is 2. The van der Waals surface area contributed by atoms with Gasteiger partial charge < -0.3 is 19.2 Å². The molecule has 0 radical (unpaired) electrons. The quantitative estimate of drug-likeness (QED) is 0.451. The summed E-state index contributed by atoms with van der Waals surface area (Å²) >= 11 is 0. The number of para-hydroxylation sites is 1. The molecule has 0 unspecified atom stereocenters. The number of aromatic nitrogens is 1. The highest BCUT2D eigenvalue weighted by atomic mass is 16.6. The fraction of sp³-hybridized carbons (Fsp3) is 0.280. The summed E-state index contributed by atoms with van der Waals surface area (Å²) in [5.41, 5.74) is 3.49. The Balaban J connectivity index is 1.42. The van der Waals surface area contributed by atoms with Crippen LogP contribution in [0.5, 0.6) is 11.5 Å². The normalized spacial score (nSPS) is 15.3. The van der Waals surface area contributed by atoms with Gasteiger partial charge >= 0.3 is 5.97 Å². The van der Waals surface area contributed by atoms with Crippen LogP contribution in [0, 0.1) is 6.92 Å². The maximum absolute atomic E-state index is 12.8. The summed E-state index contributed by atoms with van der Waals surface area (Å²) in [7, 11) is 1.63. The Morgan fingerprint density at radius 3 is 2.45 bits per heavy atom. The summed E-state index contributed by atoms with van der Waals surface area (Å²) in [6.07, 6.45) is 1.08. The van der Waals surface area contributed by atoms with Gasteiger partial charge in [0.1, 0.15) is 30.4 Å². The van der Waals surface area contributed by atoms with Gasteiger partial charge in [0, 0.05) is 17.7 Å². The molecule has 1 aromatic heterocycles. The van der Waals surface area contributed by atoms with Crippen molar-refractivity contribution in [2.75, 3.05) is 20.3 Å². The standard InChI is InChI=1S/C25H25NO5/c1-16-23-21(14-18(15-22(23)27)17-8-10-19(29-2)11-9-17)26-24(16)25(28)31-13-12-30-20-6-4-3-5-7-20/h3-11,18,26H,12-15H2,1-2H3/t18-/m0/s1. The molecule has 1 aliphatic carbocycles. The first-order chi connectivity index (χ1) is 15.1. The first kappa shape index (κ1) is 20.7. The molecular weight excluding hydrogens is 394 g/mol. The van der Waals surface area contributed by atoms with Crippen LogP contribution in [0.2, 0.25) is 0 Å². The lowest BCUT2D eigenvalue weighted by Gasteiger charge is -2.22. The third-order valence-electron chi connectivity index (χ3n) is 5.61. The molecule has 3 aromatic rings. The molecule has 1 N–H and O–H groups in total. The topological polar surface area (TPSA) is 77.6 Å². The Morgan fingerprint density at radius 2 is 1.74 bits per heavy atom. The number of Topliss-reactive ketones (excluding diaryl/α,β-unsaturated/α-hetero) is 1. The predicted octanol–water partition coefficient (Wildman–Crippen LogP) is 4.48. The fourth-order valence-electron chi connectivity index (χ4n) is 4.03. The number of ether oxygens (including phenoxy) is 3. The van der Waals surface area contributed by atoms with Crippen LogP contribution in [0.4, 0.5) is 0 Å². The lowest BCUT2D eigenvalue weighted by Crippen LogP contribution is -2.18. The number of benzene rings is 2. The van der Waals surface area contributed by atoms with Gasteiger partial charge in [-0.3, -0.25) is 4.79 Å². The maximum atomic E-state index is 12.8. The number of rotatable bonds is 7. The molecule has 4 rings (SSSR count). The summed E-state index contributed by atoms with van der Waals surface area (Å²) in [4.78, 5) is 28.6. The van der Waals surface area contributed by atoms with E-state index in [1.54, 1.807) is 14.0 Å². The predicted molar refractivity (Wildman–Crippen MR) is 116 cm³/mol. The number of esters is 1. The lowest BCUT2D eigenvalue weighted by atomic mass is 9.81. The van der Waals surface area contributed by atoms with Gasteiger partial charge in [0.2, 0.25) is 0 Å². The third kappa shape index (κ3) is 4.48. The zero-order valence-electron chi connectivity index (χ0n) is 17.6. The van der Waals surface area contributed by atoms with E-state index in [9.17, 15) is 9.59 Å². The van der Waals surface area contributed by atoms with Crippen LogP contribution < -0.4 is 9.47 Å². The minimum atomic E-state index is -0.475. The second-order valence-corrected chi connectivity index (χ2v) is 7.58. The largest absolute Gasteiger partial charge is 0.497 e. The zero-order valence-corrected chi connectivity index (χ0v) is 17.6. The monoisotopic (exact) mass is 419 g/mol. The van der Waals surface area contributed by atoms with Gasteiger partial charge in [-0.15, -0.1) is 0 Å². The average Bonchev–Trinajstić information content (AvgIpc) is 3.14. The van der Waals surface area contributed by atoms with Gasteiger partial charge in [0.05, 0.1) is 7.11 Å². The second-order valence-electron chi connectivity index (χ2n) is 7.58. The van der Waals surface area contributed by atoms with Crippen molar-refractivity contribution < 1.29 is 23.8 Å². The first-order valence-electron chi connectivity index (χ1n) is 10.3. The van der Waals surface area contributed by atoms with Crippen molar-refractivity contribution in [1.82, 2.24) is 4.98 Å². The van der Waals surface area contributed by atoms with Crippen LogP contribution in [-0.4, -0.2) is 37.1 Å². The van der Waals surface area contributed by atoms with Gasteiger partial charge in [0.15, 0.2) is 5.78 Å². The summed E-state index contributed by atoms with van der Waals surface area (Å²) in [5, 5.41) is 0. The van der Waals surface area contributed by atoms with Crippen LogP contribution in [0.3, 0.4) is 0 Å². The molecule has 1 atom stereocenters. The Morgan fingerprint density at radius 1 is 1.00 bits per heavy atom. The van der Waals surface area contributed by atoms with Crippen LogP contribution in [0.1, 0.15) is 50.0 Å². The SMILES string of the molecule is COc1ccc([C@@H]2CC(=O)c3c([nH]c(C(=O)OCCOc4ccccc4)c3C)C2)cc1. The Bertz CT molecular complexity index is 1070. The van der Waals surface area contributed by atoms with E-state index in [1.165, 1.54) is 0 Å². The minimum absolute atomic E-state index is 0.0438. The van der Waals surface area contributed by atoms with Crippen LogP contribution in [0.15, 0.2) is 54.6 Å². The number of methoxy groups -OCH3 is 1. The van der Waals surface area contributed by atoms with Crippen LogP contribution in [0.25, 0.3) is 0 Å². The van der Waals surface area contributed by atoms with E-state index in [0.29, 0.717) is 29.7 Å². The van der Waals surface area contributed by atoms with Gasteiger partial charge in [0.25, 0.3) is 0 Å². The minimum Gasteiger partial charge on any atom is -0.497 e. The van der Waals surface area contributed by atoms with Crippen molar-refractivity contribution in [2.45, 2.75) is 25.7 Å². The average molecular weight is 419 g/mol. The van der Waals surface area contributed by atoms with Crippen molar-refractivity contribution in [1.29, 1.82) is 0 Å². The number of carbonyl (C=O) groups excluding carboxylic acids is 2. The first-order valence-corrected chi connectivity index (χ1v) is 10.3. The molecule has 160 valence electrons. The molecule has 0 saturated carbocycles. The number of nitrogens with one attached hydrogen (secondary N) is 1. The van der Waals surface area contributed by atoms with E-state index in [4.69, 9.17) is 14.2 Å². The van der Waals surface area contributed by atoms with Crippen molar-refractivity contribution in [3.8, 4) is 11.5 Å². The molecule has 2 aromatic carbocycles. The van der Waals surface area contributed by atoms with Crippen molar-refractivity contribution in [2.24, 2.45) is 0 Å². The summed E-state index contributed by atoms with van der Waals surface area (Å²) in [6, 6.07) is 17.1. The molecule has 6 heteroatoms. The molecule has 0 amide bonds. The second kappa shape index (κ2) is 9.08. The summed E-state index contributed by atoms with van der Waals surface area (Å²) < 4.78 is 16.1. The molecule has 0 aliphatic heterocycles. The number of fused-ring (bicyclic) bond motifs is 1. The summed E-state index contributed by atoms with van der Waals surface area (Å²) in [6.45, 7) is 2.17. The number of aromatic amines is 1. The Hall–Kier alpha value is -3.54. The van der Waals surface area contributed by atoms with E-state index >= 15 is 0 Å². The molecule has 1 heterocycles. The van der Waals surface area contributed by atoms with E-state index in [1.807, 2.05) is 54.6 Å². The molecule has 0 spiro atoms. The van der Waals surface area contributed by atoms with Crippen molar-refractivity contribution >= 4 is 11.8 Å². The molecule has 0 fully saturated rings. The molecule has 0 saturated heterocycles. The highest BCUT2D eigenvalue weighted by Crippen LogP contribution is 2.35. The molecular formula is C25H25NO5. The van der Waals surface area contributed by atoms with E-state index < -0.39 is 5.97 Å². The zero-order chi connectivity index (χ0) is 21.8. The highest BCUT2D eigenvalue weighted by molar-refractivity contribution is 6.03. The van der Waals surface area contributed by atoms with Gasteiger partial charge in [-0.2, -0.15) is 0 Å². The number of H-pyrrole nitrogens is 1. The van der Waals surface area contributed by atoms with Crippen molar-refractivity contribution in [3.63, 3.8) is 0 Å². The third-order valence-corrected chi connectivity index (χ3v) is 5.61. The highest BCUT2D eigenvalue weighted by Gasteiger charge is 2.32. The van der Waals surface area contributed by atoms with Crippen molar-refractivity contribution in [3.05, 3.63) is 82.7 Å². The lowest BCUT2D eigenvalue weighted by molar-refractivity contribution is 0.0443. The van der Waals surface area contributed by atoms with E-state index in [0.717, 1.165) is 22.8 Å². The van der Waals surface area contributed by atoms with E-state index in [-0.39, 0.29) is 24.9 Å². The Labute approximate surface area is 181 Å². The maximum Gasteiger partial charge on any atom is 0.355 e. The fourth-order valence-corrected chi connectivity index (χ4v) is 4.03. The molecule has 1 aliphatic rings. The molecule has 6 nitrogen and oxygen atoms in total. The summed E-state index contributed by atoms with van der Waals surface area (Å²) in [5.74, 6) is 1.13.